The molecule has 3 heteroatoms. The molecule has 0 atom stereocenters. The maximum Gasteiger partial charge on any atom is 0.0698 e. The minimum absolute atomic E-state index is 0.128. The molecule has 0 bridgehead atoms. The van der Waals surface area contributed by atoms with Gasteiger partial charge < -0.3 is 15.2 Å². The highest BCUT2D eigenvalue weighted by Crippen LogP contribution is 2.24. The van der Waals surface area contributed by atoms with Gasteiger partial charge in [-0.05, 0) is 25.3 Å². The van der Waals surface area contributed by atoms with Crippen LogP contribution >= 0.6 is 0 Å². The lowest BCUT2D eigenvalue weighted by Gasteiger charge is -2.25. The third-order valence-corrected chi connectivity index (χ3v) is 2.32. The van der Waals surface area contributed by atoms with Crippen molar-refractivity contribution >= 4 is 0 Å². The third-order valence-electron chi connectivity index (χ3n) is 2.32. The fourth-order valence-corrected chi connectivity index (χ4v) is 1.31. The van der Waals surface area contributed by atoms with Gasteiger partial charge in [0, 0.05) is 6.54 Å². The first-order valence-electron chi connectivity index (χ1n) is 4.83. The van der Waals surface area contributed by atoms with Crippen LogP contribution in [0.15, 0.2) is 0 Å². The van der Waals surface area contributed by atoms with E-state index in [1.165, 1.54) is 19.3 Å². The SMILES string of the molecule is OCCOCCNCC1CCC1. The standard InChI is InChI=1S/C9H19NO2/c11-5-7-12-6-4-10-8-9-2-1-3-9/h9-11H,1-8H2. The van der Waals surface area contributed by atoms with E-state index in [1.807, 2.05) is 0 Å². The van der Waals surface area contributed by atoms with Gasteiger partial charge in [0.25, 0.3) is 0 Å². The summed E-state index contributed by atoms with van der Waals surface area (Å²) in [5, 5.41) is 11.8. The largest absolute Gasteiger partial charge is 0.394 e. The molecule has 1 aliphatic carbocycles. The Morgan fingerprint density at radius 2 is 2.17 bits per heavy atom. The molecule has 2 N–H and O–H groups in total. The number of aliphatic hydroxyl groups excluding tert-OH is 1. The third kappa shape index (κ3) is 4.04. The van der Waals surface area contributed by atoms with E-state index in [9.17, 15) is 0 Å². The number of ether oxygens (including phenoxy) is 1. The fourth-order valence-electron chi connectivity index (χ4n) is 1.31. The van der Waals surface area contributed by atoms with Gasteiger partial charge in [0.2, 0.25) is 0 Å². The summed E-state index contributed by atoms with van der Waals surface area (Å²) < 4.78 is 5.10. The second-order valence-electron chi connectivity index (χ2n) is 3.34. The van der Waals surface area contributed by atoms with E-state index >= 15 is 0 Å². The summed E-state index contributed by atoms with van der Waals surface area (Å²) in [5.41, 5.74) is 0. The van der Waals surface area contributed by atoms with Gasteiger partial charge in [-0.1, -0.05) is 6.42 Å². The predicted octanol–water partition coefficient (Wildman–Crippen LogP) is 0.385. The molecule has 0 heterocycles. The molecule has 72 valence electrons. The summed E-state index contributed by atoms with van der Waals surface area (Å²) in [5.74, 6) is 0.919. The Balaban J connectivity index is 1.70. The number of hydrogen-bond donors (Lipinski definition) is 2. The van der Waals surface area contributed by atoms with Crippen molar-refractivity contribution in [1.82, 2.24) is 5.32 Å². The van der Waals surface area contributed by atoms with Gasteiger partial charge in [0.05, 0.1) is 19.8 Å². The summed E-state index contributed by atoms with van der Waals surface area (Å²) >= 11 is 0. The first-order valence-corrected chi connectivity index (χ1v) is 4.83. The summed E-state index contributed by atoms with van der Waals surface area (Å²) in [6.07, 6.45) is 4.20. The Morgan fingerprint density at radius 1 is 1.33 bits per heavy atom. The first kappa shape index (κ1) is 9.96. The van der Waals surface area contributed by atoms with Crippen LogP contribution in [-0.2, 0) is 4.74 Å². The van der Waals surface area contributed by atoms with Crippen molar-refractivity contribution in [3.05, 3.63) is 0 Å². The highest BCUT2D eigenvalue weighted by atomic mass is 16.5. The summed E-state index contributed by atoms with van der Waals surface area (Å²) in [6, 6.07) is 0. The topological polar surface area (TPSA) is 41.5 Å². The van der Waals surface area contributed by atoms with Crippen LogP contribution in [0.1, 0.15) is 19.3 Å². The number of hydrogen-bond acceptors (Lipinski definition) is 3. The van der Waals surface area contributed by atoms with Crippen molar-refractivity contribution in [2.45, 2.75) is 19.3 Å². The van der Waals surface area contributed by atoms with Gasteiger partial charge in [-0.25, -0.2) is 0 Å². The molecule has 0 aromatic carbocycles. The molecule has 12 heavy (non-hydrogen) atoms. The van der Waals surface area contributed by atoms with E-state index in [0.29, 0.717) is 13.2 Å². The number of aliphatic hydroxyl groups is 1. The van der Waals surface area contributed by atoms with E-state index in [2.05, 4.69) is 5.32 Å². The minimum atomic E-state index is 0.128. The quantitative estimate of drug-likeness (QED) is 0.547. The van der Waals surface area contributed by atoms with Crippen molar-refractivity contribution in [2.75, 3.05) is 32.9 Å². The molecule has 0 spiro atoms. The van der Waals surface area contributed by atoms with E-state index in [-0.39, 0.29) is 6.61 Å². The zero-order valence-corrected chi connectivity index (χ0v) is 7.59. The predicted molar refractivity (Wildman–Crippen MR) is 48.1 cm³/mol. The van der Waals surface area contributed by atoms with Crippen LogP contribution in [0.5, 0.6) is 0 Å². The van der Waals surface area contributed by atoms with E-state index < -0.39 is 0 Å². The van der Waals surface area contributed by atoms with Crippen molar-refractivity contribution < 1.29 is 9.84 Å². The van der Waals surface area contributed by atoms with Crippen LogP contribution in [0, 0.1) is 5.92 Å². The molecule has 0 amide bonds. The lowest BCUT2D eigenvalue weighted by atomic mass is 9.85. The molecule has 3 nitrogen and oxygen atoms in total. The van der Waals surface area contributed by atoms with Crippen LogP contribution in [0.3, 0.4) is 0 Å². The Hall–Kier alpha value is -0.120. The molecular formula is C9H19NO2. The fraction of sp³-hybridized carbons (Fsp3) is 1.00. The maximum absolute atomic E-state index is 8.41. The van der Waals surface area contributed by atoms with Crippen LogP contribution < -0.4 is 5.32 Å². The zero-order chi connectivity index (χ0) is 8.65. The molecule has 0 aromatic rings. The minimum Gasteiger partial charge on any atom is -0.394 e. The Bertz CT molecular complexity index is 105. The molecule has 0 saturated heterocycles. The lowest BCUT2D eigenvalue weighted by Crippen LogP contribution is -2.29. The van der Waals surface area contributed by atoms with Gasteiger partial charge in [-0.3, -0.25) is 0 Å². The second kappa shape index (κ2) is 6.40. The number of nitrogens with one attached hydrogen (secondary N) is 1. The molecular weight excluding hydrogens is 154 g/mol. The van der Waals surface area contributed by atoms with Gasteiger partial charge in [-0.15, -0.1) is 0 Å². The monoisotopic (exact) mass is 173 g/mol. The Kier molecular flexibility index (Phi) is 5.32. The Labute approximate surface area is 74.1 Å². The van der Waals surface area contributed by atoms with Crippen molar-refractivity contribution in [1.29, 1.82) is 0 Å². The molecule has 1 saturated carbocycles. The molecule has 0 radical (unpaired) electrons. The van der Waals surface area contributed by atoms with Crippen LogP contribution in [0.25, 0.3) is 0 Å². The zero-order valence-electron chi connectivity index (χ0n) is 7.59. The summed E-state index contributed by atoms with van der Waals surface area (Å²) in [6.45, 7) is 3.36. The van der Waals surface area contributed by atoms with Gasteiger partial charge in [0.1, 0.15) is 0 Å². The van der Waals surface area contributed by atoms with E-state index in [4.69, 9.17) is 9.84 Å². The Morgan fingerprint density at radius 3 is 2.75 bits per heavy atom. The second-order valence-corrected chi connectivity index (χ2v) is 3.34. The van der Waals surface area contributed by atoms with Crippen molar-refractivity contribution in [3.63, 3.8) is 0 Å². The maximum atomic E-state index is 8.41. The van der Waals surface area contributed by atoms with Crippen LogP contribution in [0.2, 0.25) is 0 Å². The lowest BCUT2D eigenvalue weighted by molar-refractivity contribution is 0.0928. The van der Waals surface area contributed by atoms with Gasteiger partial charge >= 0.3 is 0 Å². The van der Waals surface area contributed by atoms with Gasteiger partial charge in [0.15, 0.2) is 0 Å². The van der Waals surface area contributed by atoms with Crippen molar-refractivity contribution in [2.24, 2.45) is 5.92 Å². The molecule has 1 aliphatic rings. The highest BCUT2D eigenvalue weighted by molar-refractivity contribution is 4.71. The number of rotatable bonds is 7. The molecule has 1 rings (SSSR count). The first-order chi connectivity index (χ1) is 5.93. The average Bonchev–Trinajstić information content (AvgIpc) is 2.00. The molecule has 0 aromatic heterocycles. The molecule has 0 unspecified atom stereocenters. The van der Waals surface area contributed by atoms with E-state index in [1.54, 1.807) is 0 Å². The highest BCUT2D eigenvalue weighted by Gasteiger charge is 2.15. The molecule has 1 fully saturated rings. The smallest absolute Gasteiger partial charge is 0.0698 e. The van der Waals surface area contributed by atoms with Crippen molar-refractivity contribution in [3.8, 4) is 0 Å². The van der Waals surface area contributed by atoms with Crippen LogP contribution in [0.4, 0.5) is 0 Å². The van der Waals surface area contributed by atoms with E-state index in [0.717, 1.165) is 19.0 Å². The van der Waals surface area contributed by atoms with Crippen LogP contribution in [-0.4, -0.2) is 38.0 Å². The average molecular weight is 173 g/mol. The summed E-state index contributed by atoms with van der Waals surface area (Å²) in [4.78, 5) is 0. The normalized spacial score (nSPS) is 17.8. The molecule has 0 aliphatic heterocycles. The summed E-state index contributed by atoms with van der Waals surface area (Å²) in [7, 11) is 0. The van der Waals surface area contributed by atoms with Gasteiger partial charge in [-0.2, -0.15) is 0 Å².